The minimum absolute atomic E-state index is 0.853. The lowest BCUT2D eigenvalue weighted by Gasteiger charge is -2.30. The van der Waals surface area contributed by atoms with E-state index >= 15 is 0 Å². The minimum atomic E-state index is 0.853. The van der Waals surface area contributed by atoms with Crippen LogP contribution in [0.5, 0.6) is 0 Å². The van der Waals surface area contributed by atoms with Gasteiger partial charge in [0.15, 0.2) is 0 Å². The van der Waals surface area contributed by atoms with Crippen molar-refractivity contribution in [2.45, 2.75) is 0 Å². The van der Waals surface area contributed by atoms with Gasteiger partial charge < -0.3 is 18.8 Å². The number of para-hydroxylation sites is 4. The predicted octanol–water partition coefficient (Wildman–Crippen LogP) is 21.2. The molecule has 0 aliphatic rings. The first-order chi connectivity index (χ1) is 37.7. The van der Waals surface area contributed by atoms with Crippen molar-refractivity contribution < 1.29 is 4.42 Å². The number of aromatic nitrogens is 1. The lowest BCUT2D eigenvalue weighted by molar-refractivity contribution is 0.669. The van der Waals surface area contributed by atoms with E-state index < -0.39 is 0 Å². The maximum atomic E-state index is 6.62. The van der Waals surface area contributed by atoms with Gasteiger partial charge in [-0.1, -0.05) is 133 Å². The highest BCUT2D eigenvalue weighted by Crippen LogP contribution is 2.49. The van der Waals surface area contributed by atoms with Crippen molar-refractivity contribution in [1.29, 1.82) is 0 Å². The molecule has 6 heteroatoms. The van der Waals surface area contributed by atoms with Gasteiger partial charge in [0.1, 0.15) is 11.2 Å². The van der Waals surface area contributed by atoms with Gasteiger partial charge >= 0.3 is 0 Å². The van der Waals surface area contributed by atoms with Gasteiger partial charge in [-0.2, -0.15) is 0 Å². The second-order valence-electron chi connectivity index (χ2n) is 19.6. The zero-order valence-electron chi connectivity index (χ0n) is 40.9. The van der Waals surface area contributed by atoms with Crippen LogP contribution in [-0.4, -0.2) is 4.57 Å². The number of furan rings is 1. The van der Waals surface area contributed by atoms with E-state index in [1.807, 2.05) is 28.7 Å². The molecular formula is C70H43N3OS2. The highest BCUT2D eigenvalue weighted by molar-refractivity contribution is 7.26. The molecule has 0 fully saturated rings. The van der Waals surface area contributed by atoms with Crippen LogP contribution in [0.3, 0.4) is 0 Å². The Morgan fingerprint density at radius 3 is 1.49 bits per heavy atom. The number of thiophene rings is 2. The number of fused-ring (bicyclic) bond motifs is 13. The monoisotopic (exact) mass is 1010 g/mol. The lowest BCUT2D eigenvalue weighted by Crippen LogP contribution is -2.13. The van der Waals surface area contributed by atoms with Gasteiger partial charge in [0, 0.05) is 107 Å². The summed E-state index contributed by atoms with van der Waals surface area (Å²) in [6, 6.07) is 95.4. The number of rotatable bonds is 8. The zero-order valence-corrected chi connectivity index (χ0v) is 42.5. The van der Waals surface area contributed by atoms with Crippen molar-refractivity contribution in [3.05, 3.63) is 261 Å². The molecule has 0 amide bonds. The summed E-state index contributed by atoms with van der Waals surface area (Å²) in [5.74, 6) is 0. The molecule has 0 unspecified atom stereocenters. The zero-order chi connectivity index (χ0) is 49.8. The summed E-state index contributed by atoms with van der Waals surface area (Å²) in [5.41, 5.74) is 14.1. The average Bonchev–Trinajstić information content (AvgIpc) is 4.29. The van der Waals surface area contributed by atoms with E-state index in [2.05, 4.69) is 269 Å². The van der Waals surface area contributed by atoms with Crippen LogP contribution in [0.15, 0.2) is 265 Å². The van der Waals surface area contributed by atoms with Crippen LogP contribution >= 0.6 is 22.7 Å². The van der Waals surface area contributed by atoms with E-state index in [4.69, 9.17) is 4.42 Å². The van der Waals surface area contributed by atoms with E-state index in [-0.39, 0.29) is 0 Å². The summed E-state index contributed by atoms with van der Waals surface area (Å²) < 4.78 is 14.1. The van der Waals surface area contributed by atoms with E-state index in [1.165, 1.54) is 73.3 Å². The molecule has 76 heavy (non-hydrogen) atoms. The Bertz CT molecular complexity index is 4970. The first-order valence-electron chi connectivity index (χ1n) is 25.7. The Morgan fingerprint density at radius 1 is 0.276 bits per heavy atom. The number of hydrogen-bond donors (Lipinski definition) is 0. The van der Waals surface area contributed by atoms with Gasteiger partial charge in [-0.3, -0.25) is 0 Å². The molecule has 4 nitrogen and oxygen atoms in total. The highest BCUT2D eigenvalue weighted by atomic mass is 32.1. The van der Waals surface area contributed by atoms with Crippen molar-refractivity contribution in [2.75, 3.05) is 9.80 Å². The number of nitrogens with zero attached hydrogens (tertiary/aromatic N) is 3. The first kappa shape index (κ1) is 43.0. The Hall–Kier alpha value is -9.46. The van der Waals surface area contributed by atoms with Gasteiger partial charge in [0.2, 0.25) is 0 Å². The molecule has 16 rings (SSSR count). The summed E-state index contributed by atoms with van der Waals surface area (Å²) in [6.07, 6.45) is 0. The Labute approximate surface area is 445 Å². The normalized spacial score (nSPS) is 11.9. The Morgan fingerprint density at radius 2 is 0.750 bits per heavy atom. The second kappa shape index (κ2) is 17.0. The fourth-order valence-corrected chi connectivity index (χ4v) is 14.0. The SMILES string of the molecule is c1ccc(N(c2ccc3sc4ccccc4c3c2)c2ccc(N(c3ccc4c(c3)oc3ccccc34)c3ccc4sc5ccc(-c6ccc7c8ccccc8n(-c8ccccc8)c7c6)cc5c4c3)c3ccccc23)cc1. The third-order valence-corrected chi connectivity index (χ3v) is 17.6. The first-order valence-corrected chi connectivity index (χ1v) is 27.4. The van der Waals surface area contributed by atoms with E-state index in [0.717, 1.165) is 72.5 Å². The summed E-state index contributed by atoms with van der Waals surface area (Å²) in [7, 11) is 0. The fourth-order valence-electron chi connectivity index (χ4n) is 11.9. The van der Waals surface area contributed by atoms with Crippen LogP contribution in [0.2, 0.25) is 0 Å². The third kappa shape index (κ3) is 6.75. The van der Waals surface area contributed by atoms with Crippen LogP contribution in [0.25, 0.3) is 112 Å². The average molecular weight is 1010 g/mol. The lowest BCUT2D eigenvalue weighted by atomic mass is 10.0. The predicted molar refractivity (Wildman–Crippen MR) is 326 cm³/mol. The van der Waals surface area contributed by atoms with E-state index in [0.29, 0.717) is 0 Å². The van der Waals surface area contributed by atoms with Crippen LogP contribution in [0, 0.1) is 0 Å². The van der Waals surface area contributed by atoms with Crippen molar-refractivity contribution in [2.24, 2.45) is 0 Å². The molecule has 0 saturated heterocycles. The molecule has 0 radical (unpaired) electrons. The second-order valence-corrected chi connectivity index (χ2v) is 21.8. The molecule has 0 N–H and O–H groups in total. The molecule has 0 spiro atoms. The van der Waals surface area contributed by atoms with Crippen molar-refractivity contribution >= 4 is 152 Å². The van der Waals surface area contributed by atoms with Crippen molar-refractivity contribution in [1.82, 2.24) is 4.57 Å². The molecule has 0 saturated carbocycles. The third-order valence-electron chi connectivity index (χ3n) is 15.3. The topological polar surface area (TPSA) is 24.6 Å². The molecule has 4 heterocycles. The quantitative estimate of drug-likeness (QED) is 0.152. The Balaban J connectivity index is 0.882. The van der Waals surface area contributed by atoms with Crippen LogP contribution in [-0.2, 0) is 0 Å². The Kier molecular flexibility index (Phi) is 9.64. The molecule has 0 bridgehead atoms. The molecule has 4 aromatic heterocycles. The molecular weight excluding hydrogens is 963 g/mol. The van der Waals surface area contributed by atoms with Gasteiger partial charge in [-0.15, -0.1) is 22.7 Å². The summed E-state index contributed by atoms with van der Waals surface area (Å²) in [6.45, 7) is 0. The van der Waals surface area contributed by atoms with Crippen molar-refractivity contribution in [3.63, 3.8) is 0 Å². The molecule has 12 aromatic carbocycles. The van der Waals surface area contributed by atoms with Crippen LogP contribution in [0.4, 0.5) is 34.1 Å². The van der Waals surface area contributed by atoms with Gasteiger partial charge in [0.05, 0.1) is 22.4 Å². The summed E-state index contributed by atoms with van der Waals surface area (Å²) in [4.78, 5) is 4.85. The molecule has 16 aromatic rings. The van der Waals surface area contributed by atoms with Gasteiger partial charge in [-0.05, 0) is 132 Å². The fraction of sp³-hybridized carbons (Fsp3) is 0. The van der Waals surface area contributed by atoms with Crippen LogP contribution in [0.1, 0.15) is 0 Å². The number of hydrogen-bond acceptors (Lipinski definition) is 5. The maximum absolute atomic E-state index is 6.62. The summed E-state index contributed by atoms with van der Waals surface area (Å²) >= 11 is 3.70. The smallest absolute Gasteiger partial charge is 0.137 e. The van der Waals surface area contributed by atoms with Crippen molar-refractivity contribution in [3.8, 4) is 16.8 Å². The molecule has 0 aliphatic heterocycles. The number of benzene rings is 12. The number of anilines is 6. The largest absolute Gasteiger partial charge is 0.456 e. The maximum Gasteiger partial charge on any atom is 0.137 e. The molecule has 0 atom stereocenters. The van der Waals surface area contributed by atoms with E-state index in [1.54, 1.807) is 0 Å². The van der Waals surface area contributed by atoms with Gasteiger partial charge in [-0.25, -0.2) is 0 Å². The van der Waals surface area contributed by atoms with E-state index in [9.17, 15) is 0 Å². The standard InChI is InChI=1S/C70H43N3OS2/c1-3-15-46(16-4-1)71(48-30-37-69-59(41-48)57-23-11-14-26-67(57)75-69)62-34-35-63(52-20-8-7-19-51(52)62)72(50-29-33-56-55-22-10-13-25-65(55)74-66(56)43-50)49-31-38-70-60(42-49)58-39-44(28-36-68(58)76-70)45-27-32-54-53-21-9-12-24-61(53)73(64(54)40-45)47-17-5-2-6-18-47/h1-43H. The van der Waals surface area contributed by atoms with Crippen LogP contribution < -0.4 is 9.80 Å². The molecule has 356 valence electrons. The molecule has 0 aliphatic carbocycles. The highest BCUT2D eigenvalue weighted by Gasteiger charge is 2.24. The summed E-state index contributed by atoms with van der Waals surface area (Å²) in [5, 5.41) is 12.0. The van der Waals surface area contributed by atoms with Gasteiger partial charge in [0.25, 0.3) is 0 Å². The minimum Gasteiger partial charge on any atom is -0.456 e.